The Kier molecular flexibility index (Phi) is 43.6. The van der Waals surface area contributed by atoms with Crippen LogP contribution in [-0.2, 0) is 73.4 Å². The minimum atomic E-state index is -1.79. The van der Waals surface area contributed by atoms with Crippen LogP contribution in [0.1, 0.15) is 161 Å². The number of unbranched alkanes of at least 4 members (excludes halogenated alkanes) is 14. The third kappa shape index (κ3) is 40.7. The number of amides is 9. The normalized spacial score (nSPS) is 12.8. The number of carbonyl (C=O) groups excluding carboxylic acids is 10. The second kappa shape index (κ2) is 48.8. The second-order valence-corrected chi connectivity index (χ2v) is 21.0. The van der Waals surface area contributed by atoms with Gasteiger partial charge in [0.1, 0.15) is 36.6 Å². The van der Waals surface area contributed by atoms with Gasteiger partial charge in [0.2, 0.25) is 53.2 Å². The fourth-order valence-corrected chi connectivity index (χ4v) is 8.62. The molecule has 0 aliphatic carbocycles. The number of rotatable bonds is 55. The number of aryl methyl sites for hydroxylation is 1. The number of Topliss-reactive ketones (excluding diaryl/α,β-unsaturated/α-hetero) is 1. The number of hydrogen-bond acceptors (Lipinski definition) is 20. The van der Waals surface area contributed by atoms with Crippen LogP contribution < -0.4 is 48.3 Å². The average Bonchev–Trinajstić information content (AvgIpc) is 4.09. The predicted molar refractivity (Wildman–Crippen MR) is 311 cm³/mol. The predicted octanol–water partition coefficient (Wildman–Crippen LogP) is -2.32. The molecule has 0 unspecified atom stereocenters. The zero-order valence-electron chi connectivity index (χ0n) is 50.5. The summed E-state index contributed by atoms with van der Waals surface area (Å²) in [4.78, 5) is 151. The molecule has 32 heteroatoms. The molecule has 15 N–H and O–H groups in total. The number of carbonyl (C=O) groups is 12. The highest BCUT2D eigenvalue weighted by atomic mass is 16.5. The molecule has 9 amide bonds. The van der Waals surface area contributed by atoms with Gasteiger partial charge in [-0.2, -0.15) is 0 Å². The number of nitrogens with two attached hydrogens (primary N) is 1. The van der Waals surface area contributed by atoms with Crippen molar-refractivity contribution in [3.05, 3.63) is 5.82 Å². The molecule has 0 saturated heterocycles. The van der Waals surface area contributed by atoms with Crippen molar-refractivity contribution in [1.82, 2.24) is 68.1 Å². The lowest BCUT2D eigenvalue weighted by atomic mass is 10.0. The molecular formula is C55H96N14O18. The summed E-state index contributed by atoms with van der Waals surface area (Å²) in [5.41, 5.74) is 5.29. The van der Waals surface area contributed by atoms with E-state index in [9.17, 15) is 67.7 Å². The van der Waals surface area contributed by atoms with E-state index in [1.54, 1.807) is 0 Å². The van der Waals surface area contributed by atoms with Gasteiger partial charge in [-0.25, -0.2) is 5.10 Å². The summed E-state index contributed by atoms with van der Waals surface area (Å²) in [5.74, 6) is -9.66. The number of H-pyrrole nitrogens is 1. The van der Waals surface area contributed by atoms with Gasteiger partial charge < -0.3 is 78.2 Å². The Labute approximate surface area is 507 Å². The molecule has 0 aliphatic rings. The number of carboxylic acids is 2. The van der Waals surface area contributed by atoms with Crippen LogP contribution in [-0.4, -0.2) is 226 Å². The lowest BCUT2D eigenvalue weighted by Gasteiger charge is -2.26. The molecule has 0 aliphatic heterocycles. The van der Waals surface area contributed by atoms with Crippen LogP contribution in [0.5, 0.6) is 0 Å². The molecule has 0 aromatic carbocycles. The highest BCUT2D eigenvalue weighted by molar-refractivity contribution is 5.97. The first kappa shape index (κ1) is 77.7. The maximum Gasteiger partial charge on any atom is 0.317 e. The Morgan fingerprint density at radius 2 is 1.02 bits per heavy atom. The molecule has 0 bridgehead atoms. The van der Waals surface area contributed by atoms with Gasteiger partial charge in [-0.05, 0) is 62.3 Å². The average molecular weight is 1240 g/mol. The van der Waals surface area contributed by atoms with E-state index >= 15 is 0 Å². The number of tetrazole rings is 1. The first-order chi connectivity index (χ1) is 41.7. The Morgan fingerprint density at radius 1 is 0.517 bits per heavy atom. The molecule has 1 aromatic heterocycles. The summed E-state index contributed by atoms with van der Waals surface area (Å²) in [6.07, 6.45) is 17.3. The van der Waals surface area contributed by atoms with Crippen molar-refractivity contribution in [2.24, 2.45) is 5.73 Å². The van der Waals surface area contributed by atoms with Crippen LogP contribution in [0.3, 0.4) is 0 Å². The van der Waals surface area contributed by atoms with Crippen molar-refractivity contribution in [2.75, 3.05) is 78.9 Å². The van der Waals surface area contributed by atoms with Gasteiger partial charge in [-0.3, -0.25) is 62.4 Å². The summed E-state index contributed by atoms with van der Waals surface area (Å²) < 4.78 is 10.7. The number of nitrogens with one attached hydrogen (secondary N) is 9. The quantitative estimate of drug-likeness (QED) is 0.0305. The number of aliphatic hydroxyl groups is 2. The summed E-state index contributed by atoms with van der Waals surface area (Å²) in [7, 11) is 0. The fraction of sp³-hybridized carbons (Fsp3) is 0.764. The molecule has 494 valence electrons. The van der Waals surface area contributed by atoms with Crippen molar-refractivity contribution < 1.29 is 87.4 Å². The Balaban J connectivity index is 2.54. The topological polar surface area (TPSA) is 484 Å². The maximum atomic E-state index is 13.6. The van der Waals surface area contributed by atoms with E-state index in [4.69, 9.17) is 25.4 Å². The third-order valence-electron chi connectivity index (χ3n) is 13.4. The van der Waals surface area contributed by atoms with Crippen molar-refractivity contribution in [2.45, 2.75) is 192 Å². The van der Waals surface area contributed by atoms with Gasteiger partial charge >= 0.3 is 11.9 Å². The number of aliphatic hydroxyl groups excluding tert-OH is 2. The monoisotopic (exact) mass is 1240 g/mol. The number of aliphatic carboxylic acids is 2. The lowest BCUT2D eigenvalue weighted by Crippen LogP contribution is -2.60. The number of hydrogen-bond donors (Lipinski definition) is 14. The molecule has 1 aromatic rings. The fourth-order valence-electron chi connectivity index (χ4n) is 8.62. The smallest absolute Gasteiger partial charge is 0.317 e. The molecule has 0 fully saturated rings. The number of ketones is 1. The number of primary amides is 1. The summed E-state index contributed by atoms with van der Waals surface area (Å²) in [6.45, 7) is -1.33. The van der Waals surface area contributed by atoms with Gasteiger partial charge in [-0.15, -0.1) is 5.10 Å². The molecule has 0 spiro atoms. The molecule has 32 nitrogen and oxygen atoms in total. The number of ether oxygens (including phenoxy) is 2. The number of carboxylic acid groups (broad SMARTS) is 2. The standard InChI is InChI=1S/C55H96N14O18/c1-3-4-20-39(38(2)72)61-52(82)40(21-18-19-26-57-48(76)32-69(33-50(78)79)34-51(80)81)62-55(85)43(36-71)64-53(83)41(24-25-44(56)73)63-54(84)42(35-70)60-47(75)31-59-49(77)37-87-30-29-86-28-27-58-46(74)23-17-15-13-11-9-7-5-6-8-10-12-14-16-22-45-65-67-68-66-45/h39-43,70-71H,3-37H2,1-2H3,(H2,56,73)(H,57,76)(H,58,74)(H,59,77)(H,60,75)(H,61,82)(H,62,85)(H,63,84)(H,64,83)(H,78,79)(H,80,81)(H,65,66,67,68)/t39-,40-,41-,42-,43-/m0/s1. The third-order valence-corrected chi connectivity index (χ3v) is 13.4. The molecular weight excluding hydrogens is 1140 g/mol. The van der Waals surface area contributed by atoms with E-state index in [0.29, 0.717) is 25.8 Å². The summed E-state index contributed by atoms with van der Waals surface area (Å²) in [6, 6.07) is -7.46. The number of aromatic amines is 1. The Hall–Kier alpha value is -7.29. The van der Waals surface area contributed by atoms with E-state index in [1.807, 2.05) is 6.92 Å². The van der Waals surface area contributed by atoms with Gasteiger partial charge in [0.15, 0.2) is 5.78 Å². The minimum absolute atomic E-state index is 0.0121. The van der Waals surface area contributed by atoms with Crippen LogP contribution in [0, 0.1) is 0 Å². The van der Waals surface area contributed by atoms with E-state index in [-0.39, 0.29) is 63.7 Å². The maximum absolute atomic E-state index is 13.6. The first-order valence-electron chi connectivity index (χ1n) is 30.0. The molecule has 1 rings (SSSR count). The van der Waals surface area contributed by atoms with Crippen LogP contribution in [0.15, 0.2) is 0 Å². The van der Waals surface area contributed by atoms with Crippen molar-refractivity contribution in [1.29, 1.82) is 0 Å². The van der Waals surface area contributed by atoms with Crippen LogP contribution >= 0.6 is 0 Å². The highest BCUT2D eigenvalue weighted by Gasteiger charge is 2.32. The van der Waals surface area contributed by atoms with E-state index in [0.717, 1.165) is 42.8 Å². The van der Waals surface area contributed by atoms with Crippen LogP contribution in [0.25, 0.3) is 0 Å². The van der Waals surface area contributed by atoms with Gasteiger partial charge in [0, 0.05) is 32.4 Å². The molecule has 0 radical (unpaired) electrons. The zero-order chi connectivity index (χ0) is 64.6. The SMILES string of the molecule is CCCC[C@H](NC(=O)[C@H](CCCCNC(=O)CN(CC(=O)O)CC(=O)O)NC(=O)[C@H](CO)NC(=O)[C@H](CCC(N)=O)NC(=O)[C@H](CO)NC(=O)CNC(=O)COCCOCCNC(=O)CCCCCCCCCCCCCCCc1nnn[nH]1)C(C)=O. The molecule has 87 heavy (non-hydrogen) atoms. The van der Waals surface area contributed by atoms with Crippen molar-refractivity contribution >= 4 is 70.9 Å². The van der Waals surface area contributed by atoms with Gasteiger partial charge in [0.05, 0.1) is 65.3 Å². The lowest BCUT2D eigenvalue weighted by molar-refractivity contribution is -0.142. The van der Waals surface area contributed by atoms with Gasteiger partial charge in [-0.1, -0.05) is 90.4 Å². The Bertz CT molecular complexity index is 2210. The molecule has 0 saturated carbocycles. The van der Waals surface area contributed by atoms with Crippen molar-refractivity contribution in [3.63, 3.8) is 0 Å². The first-order valence-corrected chi connectivity index (χ1v) is 30.0. The zero-order valence-corrected chi connectivity index (χ0v) is 50.5. The van der Waals surface area contributed by atoms with E-state index < -0.39 is 148 Å². The van der Waals surface area contributed by atoms with Crippen molar-refractivity contribution in [3.8, 4) is 0 Å². The number of aromatic nitrogens is 4. The largest absolute Gasteiger partial charge is 0.480 e. The van der Waals surface area contributed by atoms with E-state index in [2.05, 4.69) is 63.2 Å². The van der Waals surface area contributed by atoms with Crippen LogP contribution in [0.2, 0.25) is 0 Å². The number of nitrogens with zero attached hydrogens (tertiary/aromatic N) is 4. The second-order valence-electron chi connectivity index (χ2n) is 21.0. The summed E-state index contributed by atoms with van der Waals surface area (Å²) in [5, 5.41) is 71.5. The minimum Gasteiger partial charge on any atom is -0.480 e. The molecule has 1 heterocycles. The highest BCUT2D eigenvalue weighted by Crippen LogP contribution is 2.14. The van der Waals surface area contributed by atoms with Crippen LogP contribution in [0.4, 0.5) is 0 Å². The summed E-state index contributed by atoms with van der Waals surface area (Å²) >= 11 is 0. The molecule has 5 atom stereocenters. The van der Waals surface area contributed by atoms with Gasteiger partial charge in [0.25, 0.3) is 0 Å². The Morgan fingerprint density at radius 3 is 1.56 bits per heavy atom. The van der Waals surface area contributed by atoms with E-state index in [1.165, 1.54) is 64.7 Å².